The molecule has 0 atom stereocenters. The van der Waals surface area contributed by atoms with E-state index in [9.17, 15) is 23.5 Å². The number of nitrogens with zero attached hydrogens (tertiary/aromatic N) is 1. The van der Waals surface area contributed by atoms with E-state index in [-0.39, 0.29) is 30.2 Å². The third-order valence-corrected chi connectivity index (χ3v) is 5.59. The molecule has 32 heavy (non-hydrogen) atoms. The third-order valence-electron chi connectivity index (χ3n) is 5.59. The molecule has 0 radical (unpaired) electrons. The fraction of sp³-hybridized carbons (Fsp3) is 0.440. The number of hydrogen-bond donors (Lipinski definition) is 2. The van der Waals surface area contributed by atoms with Gasteiger partial charge >= 0.3 is 0 Å². The summed E-state index contributed by atoms with van der Waals surface area (Å²) >= 11 is 0. The van der Waals surface area contributed by atoms with Crippen molar-refractivity contribution in [3.05, 3.63) is 69.8 Å². The minimum Gasteiger partial charge on any atom is -0.395 e. The SMILES string of the molecule is CCc1cc(C(=O)N(CCO)CCCCCc2cc(F)cc(C(=O)NC)c2F)ccc1C. The fourth-order valence-corrected chi connectivity index (χ4v) is 3.73. The molecule has 0 bridgehead atoms. The highest BCUT2D eigenvalue weighted by Crippen LogP contribution is 2.19. The van der Waals surface area contributed by atoms with Crippen molar-refractivity contribution in [2.45, 2.75) is 46.0 Å². The second-order valence-electron chi connectivity index (χ2n) is 7.83. The first-order chi connectivity index (χ1) is 15.3. The lowest BCUT2D eigenvalue weighted by Gasteiger charge is -2.22. The van der Waals surface area contributed by atoms with Gasteiger partial charge in [0.2, 0.25) is 0 Å². The molecule has 2 aromatic rings. The lowest BCUT2D eigenvalue weighted by Crippen LogP contribution is -2.34. The van der Waals surface area contributed by atoms with E-state index in [2.05, 4.69) is 5.32 Å². The van der Waals surface area contributed by atoms with E-state index in [0.29, 0.717) is 37.8 Å². The highest BCUT2D eigenvalue weighted by molar-refractivity contribution is 5.95. The van der Waals surface area contributed by atoms with Crippen LogP contribution >= 0.6 is 0 Å². The number of rotatable bonds is 11. The molecule has 0 aromatic heterocycles. The molecule has 0 unspecified atom stereocenters. The second-order valence-corrected chi connectivity index (χ2v) is 7.83. The number of amides is 2. The molecular weight excluding hydrogens is 414 g/mol. The van der Waals surface area contributed by atoms with Crippen LogP contribution in [0.25, 0.3) is 0 Å². The maximum absolute atomic E-state index is 14.5. The first-order valence-corrected chi connectivity index (χ1v) is 11.0. The minimum atomic E-state index is -0.700. The van der Waals surface area contributed by atoms with Gasteiger partial charge in [0, 0.05) is 25.7 Å². The van der Waals surface area contributed by atoms with Gasteiger partial charge in [0.1, 0.15) is 11.6 Å². The molecule has 5 nitrogen and oxygen atoms in total. The van der Waals surface area contributed by atoms with Crippen molar-refractivity contribution in [3.8, 4) is 0 Å². The summed E-state index contributed by atoms with van der Waals surface area (Å²) in [6.07, 6.45) is 3.07. The van der Waals surface area contributed by atoms with E-state index in [1.807, 2.05) is 26.0 Å². The van der Waals surface area contributed by atoms with Gasteiger partial charge < -0.3 is 15.3 Å². The summed E-state index contributed by atoms with van der Waals surface area (Å²) in [5.41, 5.74) is 2.73. The largest absolute Gasteiger partial charge is 0.395 e. The van der Waals surface area contributed by atoms with Crippen LogP contribution in [-0.4, -0.2) is 48.6 Å². The highest BCUT2D eigenvalue weighted by atomic mass is 19.1. The molecule has 0 aliphatic heterocycles. The molecule has 2 N–H and O–H groups in total. The van der Waals surface area contributed by atoms with E-state index in [1.54, 1.807) is 11.0 Å². The van der Waals surface area contributed by atoms with Gasteiger partial charge in [0.05, 0.1) is 12.2 Å². The van der Waals surface area contributed by atoms with Gasteiger partial charge in [-0.2, -0.15) is 0 Å². The topological polar surface area (TPSA) is 69.6 Å². The van der Waals surface area contributed by atoms with Crippen LogP contribution in [0.5, 0.6) is 0 Å². The van der Waals surface area contributed by atoms with Crippen LogP contribution in [0, 0.1) is 18.6 Å². The smallest absolute Gasteiger partial charge is 0.254 e. The number of carbonyl (C=O) groups excluding carboxylic acids is 2. The van der Waals surface area contributed by atoms with Crippen molar-refractivity contribution in [2.75, 3.05) is 26.7 Å². The first-order valence-electron chi connectivity index (χ1n) is 11.0. The molecule has 174 valence electrons. The number of halogens is 2. The Bertz CT molecular complexity index is 947. The second kappa shape index (κ2) is 12.3. The van der Waals surface area contributed by atoms with Crippen molar-refractivity contribution >= 4 is 11.8 Å². The predicted molar refractivity (Wildman–Crippen MR) is 121 cm³/mol. The molecular formula is C25H32F2N2O3. The van der Waals surface area contributed by atoms with Crippen LogP contribution in [0.3, 0.4) is 0 Å². The number of aliphatic hydroxyl groups is 1. The van der Waals surface area contributed by atoms with Gasteiger partial charge in [-0.05, 0) is 73.6 Å². The molecule has 0 saturated carbocycles. The van der Waals surface area contributed by atoms with Gasteiger partial charge in [-0.15, -0.1) is 0 Å². The molecule has 2 rings (SSSR count). The number of nitrogens with one attached hydrogen (secondary N) is 1. The Morgan fingerprint density at radius 3 is 2.44 bits per heavy atom. The number of benzene rings is 2. The maximum Gasteiger partial charge on any atom is 0.254 e. The standard InChI is InChI=1S/C25H32F2N2O3/c1-4-18-14-20(10-9-17(18)2)25(32)29(12-13-30)11-7-5-6-8-19-15-21(26)16-22(23(19)27)24(31)28-3/h9-10,14-16,30H,4-8,11-13H2,1-3H3,(H,28,31). The van der Waals surface area contributed by atoms with Crippen LogP contribution in [0.15, 0.2) is 30.3 Å². The Labute approximate surface area is 188 Å². The zero-order valence-corrected chi connectivity index (χ0v) is 19.0. The van der Waals surface area contributed by atoms with Gasteiger partial charge in [0.25, 0.3) is 11.8 Å². The number of aliphatic hydroxyl groups excluding tert-OH is 1. The summed E-state index contributed by atoms with van der Waals surface area (Å²) in [4.78, 5) is 26.2. The average Bonchev–Trinajstić information content (AvgIpc) is 2.79. The summed E-state index contributed by atoms with van der Waals surface area (Å²) in [7, 11) is 1.37. The number of aryl methyl sites for hydroxylation is 3. The molecule has 0 spiro atoms. The molecule has 2 amide bonds. The van der Waals surface area contributed by atoms with Crippen LogP contribution in [0.4, 0.5) is 8.78 Å². The van der Waals surface area contributed by atoms with Crippen LogP contribution in [-0.2, 0) is 12.8 Å². The Morgan fingerprint density at radius 1 is 1.03 bits per heavy atom. The lowest BCUT2D eigenvalue weighted by molar-refractivity contribution is 0.0718. The predicted octanol–water partition coefficient (Wildman–Crippen LogP) is 4.04. The quantitative estimate of drug-likeness (QED) is 0.512. The molecule has 0 fully saturated rings. The van der Waals surface area contributed by atoms with Gasteiger partial charge in [-0.3, -0.25) is 9.59 Å². The Balaban J connectivity index is 1.94. The van der Waals surface area contributed by atoms with Gasteiger partial charge in [-0.1, -0.05) is 19.4 Å². The molecule has 2 aromatic carbocycles. The summed E-state index contributed by atoms with van der Waals surface area (Å²) in [5.74, 6) is -2.14. The summed E-state index contributed by atoms with van der Waals surface area (Å²) in [6.45, 7) is 4.62. The fourth-order valence-electron chi connectivity index (χ4n) is 3.73. The van der Waals surface area contributed by atoms with E-state index in [0.717, 1.165) is 29.7 Å². The van der Waals surface area contributed by atoms with E-state index in [4.69, 9.17) is 0 Å². The van der Waals surface area contributed by atoms with E-state index < -0.39 is 17.5 Å². The summed E-state index contributed by atoms with van der Waals surface area (Å²) < 4.78 is 28.3. The molecule has 0 aliphatic carbocycles. The highest BCUT2D eigenvalue weighted by Gasteiger charge is 2.18. The first kappa shape index (κ1) is 25.5. The minimum absolute atomic E-state index is 0.125. The van der Waals surface area contributed by atoms with E-state index in [1.165, 1.54) is 7.05 Å². The maximum atomic E-state index is 14.5. The Kier molecular flexibility index (Phi) is 9.78. The monoisotopic (exact) mass is 446 g/mol. The van der Waals surface area contributed by atoms with E-state index >= 15 is 0 Å². The Morgan fingerprint density at radius 2 is 1.78 bits per heavy atom. The molecule has 0 heterocycles. The van der Waals surface area contributed by atoms with Gasteiger partial charge in [-0.25, -0.2) is 8.78 Å². The van der Waals surface area contributed by atoms with Crippen molar-refractivity contribution < 1.29 is 23.5 Å². The normalized spacial score (nSPS) is 10.8. The molecule has 0 saturated heterocycles. The van der Waals surface area contributed by atoms with Gasteiger partial charge in [0.15, 0.2) is 0 Å². The molecule has 7 heteroatoms. The zero-order valence-electron chi connectivity index (χ0n) is 19.0. The number of carbonyl (C=O) groups is 2. The average molecular weight is 447 g/mol. The number of hydrogen-bond acceptors (Lipinski definition) is 3. The van der Waals surface area contributed by atoms with Crippen LogP contribution < -0.4 is 5.32 Å². The van der Waals surface area contributed by atoms with Crippen LogP contribution in [0.2, 0.25) is 0 Å². The number of unbranched alkanes of at least 4 members (excludes halogenated alkanes) is 2. The third kappa shape index (κ3) is 6.60. The summed E-state index contributed by atoms with van der Waals surface area (Å²) in [6, 6.07) is 7.65. The van der Waals surface area contributed by atoms with Crippen molar-refractivity contribution in [1.82, 2.24) is 10.2 Å². The summed E-state index contributed by atoms with van der Waals surface area (Å²) in [5, 5.41) is 11.7. The zero-order chi connectivity index (χ0) is 23.7. The van der Waals surface area contributed by atoms with Crippen LogP contribution in [0.1, 0.15) is 63.6 Å². The molecule has 0 aliphatic rings. The van der Waals surface area contributed by atoms with Crippen molar-refractivity contribution in [1.29, 1.82) is 0 Å². The van der Waals surface area contributed by atoms with Crippen molar-refractivity contribution in [3.63, 3.8) is 0 Å². The Hall–Kier alpha value is -2.80. The lowest BCUT2D eigenvalue weighted by atomic mass is 10.0. The van der Waals surface area contributed by atoms with Crippen molar-refractivity contribution in [2.24, 2.45) is 0 Å².